The predicted molar refractivity (Wildman–Crippen MR) is 181 cm³/mol. The van der Waals surface area contributed by atoms with Gasteiger partial charge in [0.2, 0.25) is 17.6 Å². The number of nitrogens with zero attached hydrogens (tertiary/aromatic N) is 2. The first-order valence-corrected chi connectivity index (χ1v) is 19.2. The molecule has 14 heteroatoms. The Bertz CT molecular complexity index is 1560. The number of likely N-dealkylation sites (tertiary alicyclic amines) is 1. The first-order valence-electron chi connectivity index (χ1n) is 17.5. The molecule has 270 valence electrons. The number of nitrogens with one attached hydrogen (secondary N) is 3. The third kappa shape index (κ3) is 7.78. The Kier molecular flexibility index (Phi) is 10.2. The van der Waals surface area contributed by atoms with Crippen LogP contribution in [0.15, 0.2) is 29.4 Å². The van der Waals surface area contributed by atoms with E-state index in [1.165, 1.54) is 17.2 Å². The van der Waals surface area contributed by atoms with Crippen molar-refractivity contribution in [1.29, 1.82) is 0 Å². The number of aromatic nitrogens is 1. The molecule has 5 rings (SSSR count). The van der Waals surface area contributed by atoms with Crippen LogP contribution in [0.2, 0.25) is 0 Å². The molecule has 5 N–H and O–H groups in total. The quantitative estimate of drug-likeness (QED) is 0.239. The molecule has 0 radical (unpaired) electrons. The van der Waals surface area contributed by atoms with Crippen molar-refractivity contribution in [3.63, 3.8) is 0 Å². The van der Waals surface area contributed by atoms with Crippen LogP contribution in [-0.4, -0.2) is 83.8 Å². The second-order valence-electron chi connectivity index (χ2n) is 16.4. The Hall–Kier alpha value is -3.55. The fourth-order valence-electron chi connectivity index (χ4n) is 8.26. The first kappa shape index (κ1) is 36.7. The van der Waals surface area contributed by atoms with Crippen molar-refractivity contribution in [2.75, 3.05) is 12.3 Å². The number of hydrogen-bond acceptors (Lipinski definition) is 8. The number of carbonyl (C=O) groups excluding carboxylic acids is 5. The molecule has 13 nitrogen and oxygen atoms in total. The molecule has 5 atom stereocenters. The highest BCUT2D eigenvalue weighted by atomic mass is 32.2. The Labute approximate surface area is 289 Å². The lowest BCUT2D eigenvalue weighted by atomic mass is 9.80. The largest absolute Gasteiger partial charge is 0.363 e. The summed E-state index contributed by atoms with van der Waals surface area (Å²) < 4.78 is 26.8. The van der Waals surface area contributed by atoms with Crippen LogP contribution in [0.5, 0.6) is 0 Å². The molecule has 3 aliphatic carbocycles. The number of piperidine rings is 1. The summed E-state index contributed by atoms with van der Waals surface area (Å²) in [7, 11) is -3.83. The van der Waals surface area contributed by atoms with E-state index in [0.717, 1.165) is 38.5 Å². The smallest absolute Gasteiger partial charge is 0.315 e. The summed E-state index contributed by atoms with van der Waals surface area (Å²) in [4.78, 5) is 72.3. The van der Waals surface area contributed by atoms with Gasteiger partial charge in [-0.05, 0) is 60.0 Å². The molecular weight excluding hydrogens is 648 g/mol. The molecule has 1 aliphatic heterocycles. The zero-order valence-electron chi connectivity index (χ0n) is 29.3. The zero-order chi connectivity index (χ0) is 35.9. The van der Waals surface area contributed by atoms with E-state index in [0.29, 0.717) is 25.8 Å². The molecule has 4 aliphatic rings. The molecule has 5 amide bonds. The predicted octanol–water partition coefficient (Wildman–Crippen LogP) is 2.48. The number of carbonyl (C=O) groups is 5. The van der Waals surface area contributed by atoms with E-state index in [1.54, 1.807) is 12.1 Å². The van der Waals surface area contributed by atoms with Gasteiger partial charge in [0.15, 0.2) is 14.9 Å². The van der Waals surface area contributed by atoms with E-state index in [2.05, 4.69) is 20.9 Å². The highest BCUT2D eigenvalue weighted by Gasteiger charge is 2.70. The normalized spacial score (nSPS) is 25.6. The summed E-state index contributed by atoms with van der Waals surface area (Å²) in [6.07, 6.45) is 7.88. The SMILES string of the molecule is CC1(C)C2CN(C(=O)[C@@H](NC(=O)NC3(CS(=O)(=O)c4ccccn4)CCCCC3)C(C)(C)C)C(C(=O)NC(CC3CCC3)C(=O)C(N)=O)C21. The molecular formula is C35H52N6O7S. The van der Waals surface area contributed by atoms with Crippen LogP contribution in [0.3, 0.4) is 0 Å². The van der Waals surface area contributed by atoms with Crippen LogP contribution in [0, 0.1) is 28.6 Å². The molecule has 4 fully saturated rings. The highest BCUT2D eigenvalue weighted by Crippen LogP contribution is 2.65. The van der Waals surface area contributed by atoms with Gasteiger partial charge in [0.05, 0.1) is 17.3 Å². The van der Waals surface area contributed by atoms with E-state index in [-0.39, 0.29) is 33.9 Å². The van der Waals surface area contributed by atoms with E-state index in [4.69, 9.17) is 5.73 Å². The number of amides is 5. The van der Waals surface area contributed by atoms with Gasteiger partial charge >= 0.3 is 6.03 Å². The number of Topliss-reactive ketones (excluding diaryl/α,β-unsaturated/α-hetero) is 1. The van der Waals surface area contributed by atoms with Crippen LogP contribution >= 0.6 is 0 Å². The van der Waals surface area contributed by atoms with Gasteiger partial charge < -0.3 is 26.6 Å². The fraction of sp³-hybridized carbons (Fsp3) is 0.714. The minimum absolute atomic E-state index is 0.0425. The van der Waals surface area contributed by atoms with E-state index < -0.39 is 68.5 Å². The maximum Gasteiger partial charge on any atom is 0.315 e. The molecule has 0 spiro atoms. The summed E-state index contributed by atoms with van der Waals surface area (Å²) in [5.74, 6) is -3.15. The molecule has 3 saturated carbocycles. The zero-order valence-corrected chi connectivity index (χ0v) is 30.1. The van der Waals surface area contributed by atoms with Crippen LogP contribution in [0.4, 0.5) is 4.79 Å². The highest BCUT2D eigenvalue weighted by molar-refractivity contribution is 7.91. The molecule has 1 aromatic heterocycles. The maximum atomic E-state index is 14.4. The molecule has 4 unspecified atom stereocenters. The van der Waals surface area contributed by atoms with Gasteiger partial charge in [-0.2, -0.15) is 0 Å². The van der Waals surface area contributed by atoms with Gasteiger partial charge in [-0.15, -0.1) is 0 Å². The summed E-state index contributed by atoms with van der Waals surface area (Å²) in [5, 5.41) is 8.55. The summed E-state index contributed by atoms with van der Waals surface area (Å²) in [6.45, 7) is 9.82. The van der Waals surface area contributed by atoms with E-state index in [9.17, 15) is 32.4 Å². The average molecular weight is 701 g/mol. The first-order chi connectivity index (χ1) is 22.9. The topological polar surface area (TPSA) is 198 Å². The van der Waals surface area contributed by atoms with Crippen LogP contribution < -0.4 is 21.7 Å². The van der Waals surface area contributed by atoms with Gasteiger partial charge in [0, 0.05) is 12.7 Å². The number of hydrogen-bond donors (Lipinski definition) is 4. The maximum absolute atomic E-state index is 14.4. The van der Waals surface area contributed by atoms with Crippen molar-refractivity contribution in [2.45, 2.75) is 121 Å². The van der Waals surface area contributed by atoms with Crippen LogP contribution in [0.1, 0.15) is 92.4 Å². The van der Waals surface area contributed by atoms with Gasteiger partial charge in [0.1, 0.15) is 12.1 Å². The summed E-state index contributed by atoms with van der Waals surface area (Å²) in [5.41, 5.74) is 3.29. The minimum atomic E-state index is -3.83. The molecule has 0 bridgehead atoms. The molecule has 1 aromatic rings. The molecule has 0 aromatic carbocycles. The van der Waals surface area contributed by atoms with E-state index >= 15 is 0 Å². The second kappa shape index (κ2) is 13.6. The van der Waals surface area contributed by atoms with Crippen molar-refractivity contribution in [3.8, 4) is 0 Å². The van der Waals surface area contributed by atoms with Crippen molar-refractivity contribution in [2.24, 2.45) is 34.3 Å². The van der Waals surface area contributed by atoms with E-state index in [1.807, 2.05) is 34.6 Å². The number of fused-ring (bicyclic) bond motifs is 1. The standard InChI is InChI=1S/C35H52N6O7S/c1-33(2,3)28(39-32(46)40-35(15-8-6-9-16-35)20-49(47,48)24-14-7-10-17-37-24)31(45)41-19-22-25(34(22,4)5)26(41)30(44)38-23(27(42)29(36)43)18-21-12-11-13-21/h7,10,14,17,21-23,25-26,28H,6,8-9,11-13,15-16,18-20H2,1-5H3,(H2,36,43)(H,38,44)(H2,39,40,46)/t22?,23?,25?,26?,28-/m1/s1. The monoisotopic (exact) mass is 700 g/mol. The summed E-state index contributed by atoms with van der Waals surface area (Å²) >= 11 is 0. The van der Waals surface area contributed by atoms with Gasteiger partial charge in [-0.1, -0.05) is 79.2 Å². The van der Waals surface area contributed by atoms with Gasteiger partial charge in [-0.3, -0.25) is 19.2 Å². The Morgan fingerprint density at radius 1 is 1.02 bits per heavy atom. The average Bonchev–Trinajstić information content (AvgIpc) is 3.31. The lowest BCUT2D eigenvalue weighted by molar-refractivity contribution is -0.145. The van der Waals surface area contributed by atoms with Crippen LogP contribution in [-0.2, 0) is 29.0 Å². The lowest BCUT2D eigenvalue weighted by Gasteiger charge is -2.40. The Morgan fingerprint density at radius 3 is 2.24 bits per heavy atom. The molecule has 1 saturated heterocycles. The third-order valence-electron chi connectivity index (χ3n) is 11.4. The number of urea groups is 1. The number of nitrogens with two attached hydrogens (primary N) is 1. The Morgan fingerprint density at radius 2 is 1.69 bits per heavy atom. The number of primary amides is 1. The fourth-order valence-corrected chi connectivity index (χ4v) is 10.0. The molecule has 49 heavy (non-hydrogen) atoms. The van der Waals surface area contributed by atoms with Crippen molar-refractivity contribution in [3.05, 3.63) is 24.4 Å². The van der Waals surface area contributed by atoms with Crippen LogP contribution in [0.25, 0.3) is 0 Å². The van der Waals surface area contributed by atoms with Crippen molar-refractivity contribution in [1.82, 2.24) is 25.8 Å². The minimum Gasteiger partial charge on any atom is -0.363 e. The van der Waals surface area contributed by atoms with Crippen molar-refractivity contribution < 1.29 is 32.4 Å². The third-order valence-corrected chi connectivity index (χ3v) is 13.2. The van der Waals surface area contributed by atoms with Gasteiger partial charge in [0.25, 0.3) is 5.91 Å². The number of pyridine rings is 1. The second-order valence-corrected chi connectivity index (χ2v) is 18.3. The number of rotatable bonds is 12. The summed E-state index contributed by atoms with van der Waals surface area (Å²) in [6, 6.07) is 0.990. The lowest BCUT2D eigenvalue weighted by Crippen LogP contribution is -2.64. The Balaban J connectivity index is 1.35. The van der Waals surface area contributed by atoms with Gasteiger partial charge in [-0.25, -0.2) is 18.2 Å². The number of ketones is 1. The number of sulfone groups is 1. The molecule has 2 heterocycles. The van der Waals surface area contributed by atoms with Crippen molar-refractivity contribution >= 4 is 39.4 Å².